The summed E-state index contributed by atoms with van der Waals surface area (Å²) < 4.78 is 5.29. The summed E-state index contributed by atoms with van der Waals surface area (Å²) in [7, 11) is 1.65. The molecular formula is C17H26N2O3. The molecule has 0 saturated heterocycles. The number of para-hydroxylation sites is 1. The molecule has 1 saturated carbocycles. The number of methoxy groups -OCH3 is 1. The first kappa shape index (κ1) is 16.6. The second-order valence-corrected chi connectivity index (χ2v) is 5.89. The lowest BCUT2D eigenvalue weighted by atomic mass is 9.87. The van der Waals surface area contributed by atoms with Gasteiger partial charge in [0.1, 0.15) is 5.75 Å². The lowest BCUT2D eigenvalue weighted by Crippen LogP contribution is -2.40. The molecule has 0 radical (unpaired) electrons. The maximum Gasteiger partial charge on any atom is 0.314 e. The van der Waals surface area contributed by atoms with Gasteiger partial charge in [-0.2, -0.15) is 0 Å². The Labute approximate surface area is 132 Å². The Bertz CT molecular complexity index is 479. The fraction of sp³-hybridized carbons (Fsp3) is 0.588. The molecule has 1 fully saturated rings. The fourth-order valence-electron chi connectivity index (χ4n) is 2.97. The molecule has 0 aromatic heterocycles. The summed E-state index contributed by atoms with van der Waals surface area (Å²) in [5.74, 6) is 1.24. The summed E-state index contributed by atoms with van der Waals surface area (Å²) in [5.41, 5.74) is 1.08. The van der Waals surface area contributed by atoms with Crippen LogP contribution in [-0.2, 0) is 6.42 Å². The molecular weight excluding hydrogens is 280 g/mol. The predicted octanol–water partition coefficient (Wildman–Crippen LogP) is 2.09. The topological polar surface area (TPSA) is 70.6 Å². The van der Waals surface area contributed by atoms with E-state index in [0.29, 0.717) is 19.0 Å². The van der Waals surface area contributed by atoms with Crippen molar-refractivity contribution in [2.24, 2.45) is 5.92 Å². The molecule has 0 spiro atoms. The van der Waals surface area contributed by atoms with Gasteiger partial charge in [0.15, 0.2) is 0 Å². The molecule has 3 N–H and O–H groups in total. The Morgan fingerprint density at radius 3 is 2.91 bits per heavy atom. The van der Waals surface area contributed by atoms with Crippen molar-refractivity contribution in [3.05, 3.63) is 29.8 Å². The van der Waals surface area contributed by atoms with Crippen molar-refractivity contribution in [2.75, 3.05) is 20.2 Å². The van der Waals surface area contributed by atoms with E-state index in [9.17, 15) is 9.90 Å². The normalized spacial score (nSPS) is 21.2. The molecule has 0 aliphatic heterocycles. The van der Waals surface area contributed by atoms with Gasteiger partial charge in [0.25, 0.3) is 0 Å². The first-order chi connectivity index (χ1) is 10.7. The zero-order valence-corrected chi connectivity index (χ0v) is 13.2. The average Bonchev–Trinajstić information content (AvgIpc) is 2.53. The Balaban J connectivity index is 1.65. The van der Waals surface area contributed by atoms with E-state index in [0.717, 1.165) is 43.4 Å². The van der Waals surface area contributed by atoms with E-state index in [2.05, 4.69) is 10.6 Å². The summed E-state index contributed by atoms with van der Waals surface area (Å²) in [6.07, 6.45) is 4.35. The van der Waals surface area contributed by atoms with E-state index in [4.69, 9.17) is 4.74 Å². The van der Waals surface area contributed by atoms with Crippen LogP contribution in [0.1, 0.15) is 31.2 Å². The molecule has 5 nitrogen and oxygen atoms in total. The van der Waals surface area contributed by atoms with Gasteiger partial charge in [-0.1, -0.05) is 24.6 Å². The molecule has 1 aliphatic rings. The average molecular weight is 306 g/mol. The number of ether oxygens (including phenoxy) is 1. The van der Waals surface area contributed by atoms with Crippen molar-refractivity contribution in [3.8, 4) is 5.75 Å². The highest BCUT2D eigenvalue weighted by Gasteiger charge is 2.20. The molecule has 122 valence electrons. The number of nitrogens with one attached hydrogen (secondary N) is 2. The van der Waals surface area contributed by atoms with Gasteiger partial charge in [-0.25, -0.2) is 4.79 Å². The molecule has 22 heavy (non-hydrogen) atoms. The number of aliphatic hydroxyl groups is 1. The highest BCUT2D eigenvalue weighted by atomic mass is 16.5. The number of aliphatic hydroxyl groups excluding tert-OH is 1. The zero-order valence-electron chi connectivity index (χ0n) is 13.2. The maximum absolute atomic E-state index is 11.8. The van der Waals surface area contributed by atoms with Crippen LogP contribution in [0, 0.1) is 5.92 Å². The number of hydrogen-bond acceptors (Lipinski definition) is 3. The van der Waals surface area contributed by atoms with Crippen LogP contribution in [0.4, 0.5) is 4.79 Å². The molecule has 1 aromatic rings. The Morgan fingerprint density at radius 1 is 1.32 bits per heavy atom. The lowest BCUT2D eigenvalue weighted by molar-refractivity contribution is 0.101. The van der Waals surface area contributed by atoms with Crippen molar-refractivity contribution in [1.82, 2.24) is 10.6 Å². The number of carbonyl (C=O) groups excluding carboxylic acids is 1. The molecule has 2 unspecified atom stereocenters. The maximum atomic E-state index is 11.8. The minimum Gasteiger partial charge on any atom is -0.496 e. The van der Waals surface area contributed by atoms with Gasteiger partial charge in [-0.3, -0.25) is 0 Å². The molecule has 5 heteroatoms. The minimum atomic E-state index is -0.200. The van der Waals surface area contributed by atoms with E-state index in [1.807, 2.05) is 24.3 Å². The molecule has 2 rings (SSSR count). The highest BCUT2D eigenvalue weighted by Crippen LogP contribution is 2.23. The van der Waals surface area contributed by atoms with Gasteiger partial charge < -0.3 is 20.5 Å². The molecule has 0 bridgehead atoms. The second kappa shape index (κ2) is 8.63. The Morgan fingerprint density at radius 2 is 2.14 bits per heavy atom. The molecule has 0 heterocycles. The summed E-state index contributed by atoms with van der Waals surface area (Å²) in [6, 6.07) is 7.67. The second-order valence-electron chi connectivity index (χ2n) is 5.89. The molecule has 2 amide bonds. The van der Waals surface area contributed by atoms with E-state index < -0.39 is 0 Å². The Kier molecular flexibility index (Phi) is 6.52. The van der Waals surface area contributed by atoms with Crippen LogP contribution in [-0.4, -0.2) is 37.4 Å². The van der Waals surface area contributed by atoms with E-state index in [1.165, 1.54) is 0 Å². The fourth-order valence-corrected chi connectivity index (χ4v) is 2.97. The van der Waals surface area contributed by atoms with Crippen LogP contribution in [0.5, 0.6) is 5.75 Å². The van der Waals surface area contributed by atoms with Crippen LogP contribution in [0.3, 0.4) is 0 Å². The zero-order chi connectivity index (χ0) is 15.8. The first-order valence-electron chi connectivity index (χ1n) is 8.00. The smallest absolute Gasteiger partial charge is 0.314 e. The largest absolute Gasteiger partial charge is 0.496 e. The number of urea groups is 1. The van der Waals surface area contributed by atoms with E-state index >= 15 is 0 Å². The van der Waals surface area contributed by atoms with E-state index in [-0.39, 0.29) is 12.1 Å². The van der Waals surface area contributed by atoms with Crippen molar-refractivity contribution in [2.45, 2.75) is 38.2 Å². The van der Waals surface area contributed by atoms with E-state index in [1.54, 1.807) is 7.11 Å². The van der Waals surface area contributed by atoms with Gasteiger partial charge in [0.05, 0.1) is 13.2 Å². The monoisotopic (exact) mass is 306 g/mol. The third-order valence-corrected chi connectivity index (χ3v) is 4.18. The van der Waals surface area contributed by atoms with Gasteiger partial charge in [-0.15, -0.1) is 0 Å². The SMILES string of the molecule is COc1ccccc1CCNC(=O)NCC1CCCC(O)C1. The number of hydrogen-bond donors (Lipinski definition) is 3. The van der Waals surface area contributed by atoms with Gasteiger partial charge in [-0.05, 0) is 43.2 Å². The molecule has 1 aromatic carbocycles. The number of benzene rings is 1. The lowest BCUT2D eigenvalue weighted by Gasteiger charge is -2.25. The number of amides is 2. The van der Waals surface area contributed by atoms with Gasteiger partial charge >= 0.3 is 6.03 Å². The van der Waals surface area contributed by atoms with Crippen LogP contribution in [0.15, 0.2) is 24.3 Å². The summed E-state index contributed by atoms with van der Waals surface area (Å²) in [6.45, 7) is 1.21. The first-order valence-corrected chi connectivity index (χ1v) is 8.00. The number of carbonyl (C=O) groups is 1. The molecule has 1 aliphatic carbocycles. The summed E-state index contributed by atoms with van der Waals surface area (Å²) in [5, 5.41) is 15.4. The third-order valence-electron chi connectivity index (χ3n) is 4.18. The van der Waals surface area contributed by atoms with Crippen LogP contribution in [0.2, 0.25) is 0 Å². The summed E-state index contributed by atoms with van der Waals surface area (Å²) >= 11 is 0. The standard InChI is InChI=1S/C17H26N2O3/c1-22-16-8-3-2-6-14(16)9-10-18-17(21)19-12-13-5-4-7-15(20)11-13/h2-3,6,8,13,15,20H,4-5,7,9-12H2,1H3,(H2,18,19,21). The van der Waals surface area contributed by atoms with Crippen LogP contribution < -0.4 is 15.4 Å². The third kappa shape index (κ3) is 5.22. The van der Waals surface area contributed by atoms with Crippen molar-refractivity contribution in [3.63, 3.8) is 0 Å². The predicted molar refractivity (Wildman–Crippen MR) is 86.1 cm³/mol. The molecule has 2 atom stereocenters. The van der Waals surface area contributed by atoms with Crippen molar-refractivity contribution in [1.29, 1.82) is 0 Å². The van der Waals surface area contributed by atoms with Gasteiger partial charge in [0, 0.05) is 13.1 Å². The van der Waals surface area contributed by atoms with Crippen molar-refractivity contribution >= 4 is 6.03 Å². The number of rotatable bonds is 6. The summed E-state index contributed by atoms with van der Waals surface area (Å²) in [4.78, 5) is 11.8. The van der Waals surface area contributed by atoms with Gasteiger partial charge in [0.2, 0.25) is 0 Å². The quantitative estimate of drug-likeness (QED) is 0.753. The highest BCUT2D eigenvalue weighted by molar-refractivity contribution is 5.73. The van der Waals surface area contributed by atoms with Crippen LogP contribution >= 0.6 is 0 Å². The van der Waals surface area contributed by atoms with Crippen molar-refractivity contribution < 1.29 is 14.6 Å². The minimum absolute atomic E-state index is 0.144. The Hall–Kier alpha value is -1.75. The van der Waals surface area contributed by atoms with Crippen LogP contribution in [0.25, 0.3) is 0 Å².